The van der Waals surface area contributed by atoms with Crippen LogP contribution in [0.1, 0.15) is 18.4 Å². The van der Waals surface area contributed by atoms with Crippen LogP contribution in [0.15, 0.2) is 29.3 Å². The summed E-state index contributed by atoms with van der Waals surface area (Å²) in [4.78, 5) is 15.1. The van der Waals surface area contributed by atoms with Gasteiger partial charge in [-0.1, -0.05) is 18.2 Å². The molecule has 3 aliphatic rings. The Balaban J connectivity index is 1.96. The summed E-state index contributed by atoms with van der Waals surface area (Å²) in [6.45, 7) is 1.94. The van der Waals surface area contributed by atoms with Crippen molar-refractivity contribution < 1.29 is 14.4 Å². The van der Waals surface area contributed by atoms with Crippen LogP contribution in [0.25, 0.3) is 0 Å². The number of nitrogens with two attached hydrogens (primary N) is 1. The molecule has 1 aliphatic carbocycles. The molecule has 25 heavy (non-hydrogen) atoms. The summed E-state index contributed by atoms with van der Waals surface area (Å²) in [5.41, 5.74) is 3.02. The number of nitriles is 2. The number of ether oxygens (including phenoxy) is 2. The van der Waals surface area contributed by atoms with Gasteiger partial charge in [-0.25, -0.2) is 4.99 Å². The number of nitro benzene ring substituents is 1. The number of aliphatic imine (C=N–C) groups is 1. The van der Waals surface area contributed by atoms with E-state index in [-0.39, 0.29) is 29.8 Å². The first-order valence-corrected chi connectivity index (χ1v) is 7.63. The van der Waals surface area contributed by atoms with Gasteiger partial charge in [-0.15, -0.1) is 0 Å². The van der Waals surface area contributed by atoms with Gasteiger partial charge in [0.2, 0.25) is 0 Å². The Hall–Kier alpha value is -3.01. The van der Waals surface area contributed by atoms with Crippen LogP contribution in [0.2, 0.25) is 0 Å². The number of benzene rings is 1. The molecule has 0 amide bonds. The van der Waals surface area contributed by atoms with Gasteiger partial charge >= 0.3 is 0 Å². The van der Waals surface area contributed by atoms with Gasteiger partial charge in [-0.2, -0.15) is 10.5 Å². The summed E-state index contributed by atoms with van der Waals surface area (Å²) in [7, 11) is 0. The number of fused-ring (bicyclic) bond motifs is 2. The molecule has 2 N–H and O–H groups in total. The normalized spacial score (nSPS) is 40.8. The number of hydrogen-bond acceptors (Lipinski definition) is 8. The first-order chi connectivity index (χ1) is 11.9. The second kappa shape index (κ2) is 4.54. The molecule has 2 heterocycles. The fraction of sp³-hybridized carbons (Fsp3) is 0.438. The van der Waals surface area contributed by atoms with Gasteiger partial charge in [-0.3, -0.25) is 10.1 Å². The Bertz CT molecular complexity index is 918. The monoisotopic (exact) mass is 339 g/mol. The van der Waals surface area contributed by atoms with Gasteiger partial charge in [0.25, 0.3) is 11.6 Å². The summed E-state index contributed by atoms with van der Waals surface area (Å²) in [6.07, 6.45) is -0.344. The minimum atomic E-state index is -1.71. The van der Waals surface area contributed by atoms with Gasteiger partial charge in [-0.05, 0) is 6.92 Å². The number of hydrogen-bond donors (Lipinski definition) is 1. The minimum Gasteiger partial charge on any atom is -0.386 e. The van der Waals surface area contributed by atoms with Crippen molar-refractivity contribution in [3.05, 3.63) is 39.9 Å². The summed E-state index contributed by atoms with van der Waals surface area (Å²) in [6, 6.07) is 10.2. The van der Waals surface area contributed by atoms with Crippen molar-refractivity contribution in [3.63, 3.8) is 0 Å². The van der Waals surface area contributed by atoms with Gasteiger partial charge in [0.1, 0.15) is 11.3 Å². The number of amidine groups is 1. The van der Waals surface area contributed by atoms with Crippen LogP contribution in [0, 0.1) is 43.6 Å². The van der Waals surface area contributed by atoms with Gasteiger partial charge in [0, 0.05) is 17.5 Å². The lowest BCUT2D eigenvalue weighted by Gasteiger charge is -2.26. The molecule has 2 aliphatic heterocycles. The Kier molecular flexibility index (Phi) is 2.82. The van der Waals surface area contributed by atoms with Gasteiger partial charge < -0.3 is 15.2 Å². The van der Waals surface area contributed by atoms with Crippen LogP contribution in [-0.2, 0) is 9.47 Å². The predicted molar refractivity (Wildman–Crippen MR) is 82.8 cm³/mol. The average Bonchev–Trinajstić information content (AvgIpc) is 2.98. The summed E-state index contributed by atoms with van der Waals surface area (Å²) in [5, 5.41) is 31.3. The highest BCUT2D eigenvalue weighted by Crippen LogP contribution is 2.83. The van der Waals surface area contributed by atoms with Gasteiger partial charge in [0.15, 0.2) is 5.41 Å². The predicted octanol–water partition coefficient (Wildman–Crippen LogP) is 1.17. The number of para-hydroxylation sites is 1. The van der Waals surface area contributed by atoms with Crippen LogP contribution in [-0.4, -0.2) is 29.4 Å². The number of nitro groups is 1. The third-order valence-electron chi connectivity index (χ3n) is 5.25. The van der Waals surface area contributed by atoms with Crippen LogP contribution in [0.5, 0.6) is 0 Å². The molecule has 0 aromatic heterocycles. The van der Waals surface area contributed by atoms with Crippen LogP contribution >= 0.6 is 0 Å². The highest BCUT2D eigenvalue weighted by Gasteiger charge is 2.95. The lowest BCUT2D eigenvalue weighted by molar-refractivity contribution is -0.385. The van der Waals surface area contributed by atoms with Crippen LogP contribution in [0.4, 0.5) is 5.69 Å². The van der Waals surface area contributed by atoms with Crippen molar-refractivity contribution in [2.45, 2.75) is 24.9 Å². The highest BCUT2D eigenvalue weighted by molar-refractivity contribution is 6.00. The van der Waals surface area contributed by atoms with Crippen molar-refractivity contribution >= 4 is 11.5 Å². The molecule has 1 aromatic rings. The highest BCUT2D eigenvalue weighted by atomic mass is 16.8. The summed E-state index contributed by atoms with van der Waals surface area (Å²) >= 11 is 0. The summed E-state index contributed by atoms with van der Waals surface area (Å²) < 4.78 is 11.5. The van der Waals surface area contributed by atoms with E-state index in [1.165, 1.54) is 18.2 Å². The van der Waals surface area contributed by atoms with Crippen molar-refractivity contribution in [1.82, 2.24) is 0 Å². The molecule has 9 nitrogen and oxygen atoms in total. The van der Waals surface area contributed by atoms with Crippen molar-refractivity contribution in [3.8, 4) is 12.1 Å². The van der Waals surface area contributed by atoms with Crippen molar-refractivity contribution in [2.75, 3.05) is 6.61 Å². The van der Waals surface area contributed by atoms with Crippen molar-refractivity contribution in [2.24, 2.45) is 21.6 Å². The molecule has 0 unspecified atom stereocenters. The average molecular weight is 339 g/mol. The third kappa shape index (κ3) is 1.46. The Morgan fingerprint density at radius 1 is 1.40 bits per heavy atom. The zero-order valence-corrected chi connectivity index (χ0v) is 13.2. The molecule has 0 bridgehead atoms. The molecular weight excluding hydrogens is 326 g/mol. The molecule has 0 radical (unpaired) electrons. The minimum absolute atomic E-state index is 0.0891. The number of rotatable bonds is 2. The van der Waals surface area contributed by atoms with Gasteiger partial charge in [0.05, 0.1) is 29.8 Å². The molecule has 1 saturated heterocycles. The molecule has 2 fully saturated rings. The zero-order valence-electron chi connectivity index (χ0n) is 13.2. The van der Waals surface area contributed by atoms with Crippen LogP contribution in [0.3, 0.4) is 0 Å². The molecule has 5 atom stereocenters. The SMILES string of the molecule is C[C@H]1CO[C@@]2(N=C(N)[C@@]3(C#N)[C@@H](c4ccccc4[N+](=O)[O-])[C@@]23C#N)O1. The van der Waals surface area contributed by atoms with Crippen molar-refractivity contribution in [1.29, 1.82) is 10.5 Å². The molecule has 1 aromatic carbocycles. The fourth-order valence-corrected chi connectivity index (χ4v) is 4.23. The molecule has 1 saturated carbocycles. The largest absolute Gasteiger partial charge is 0.386 e. The maximum Gasteiger partial charge on any atom is 0.293 e. The molecule has 1 spiro atoms. The third-order valence-corrected chi connectivity index (χ3v) is 5.25. The van der Waals surface area contributed by atoms with E-state index in [0.29, 0.717) is 0 Å². The van der Waals surface area contributed by atoms with E-state index >= 15 is 0 Å². The Labute approximate surface area is 142 Å². The lowest BCUT2D eigenvalue weighted by atomic mass is 9.93. The number of nitrogens with zero attached hydrogens (tertiary/aromatic N) is 4. The van der Waals surface area contributed by atoms with E-state index < -0.39 is 27.6 Å². The molecule has 4 rings (SSSR count). The van der Waals surface area contributed by atoms with E-state index in [9.17, 15) is 20.6 Å². The quantitative estimate of drug-likeness (QED) is 0.628. The van der Waals surface area contributed by atoms with E-state index in [1.54, 1.807) is 13.0 Å². The smallest absolute Gasteiger partial charge is 0.293 e. The molecule has 126 valence electrons. The molecule has 9 heteroatoms. The fourth-order valence-electron chi connectivity index (χ4n) is 4.23. The van der Waals surface area contributed by atoms with E-state index in [2.05, 4.69) is 17.1 Å². The second-order valence-electron chi connectivity index (χ2n) is 6.41. The van der Waals surface area contributed by atoms with E-state index in [0.717, 1.165) is 0 Å². The molecular formula is C16H13N5O4. The maximum atomic E-state index is 11.4. The Morgan fingerprint density at radius 2 is 2.12 bits per heavy atom. The first-order valence-electron chi connectivity index (χ1n) is 7.63. The Morgan fingerprint density at radius 3 is 2.68 bits per heavy atom. The van der Waals surface area contributed by atoms with Crippen LogP contribution < -0.4 is 5.73 Å². The first kappa shape index (κ1) is 15.5. The van der Waals surface area contributed by atoms with E-state index in [4.69, 9.17) is 15.2 Å². The second-order valence-corrected chi connectivity index (χ2v) is 6.41. The zero-order chi connectivity index (χ0) is 18.0. The maximum absolute atomic E-state index is 11.4. The summed E-state index contributed by atoms with van der Waals surface area (Å²) in [5.74, 6) is -2.66. The lowest BCUT2D eigenvalue weighted by Crippen LogP contribution is -2.39. The topological polar surface area (TPSA) is 148 Å². The standard InChI is InChI=1S/C16H13N5O4/c1-9-6-24-16(25-9)15(8-18)12(14(15,7-17)13(19)20-16)10-4-2-3-5-11(10)21(22)23/h2-5,9,12H,6H2,1H3,(H2,19,20)/t9-,12+,14+,15+,16+/m0/s1. The van der Waals surface area contributed by atoms with E-state index in [1.807, 2.05) is 0 Å².